The Kier molecular flexibility index (Phi) is 7.02. The van der Waals surface area contributed by atoms with Crippen LogP contribution in [0.2, 0.25) is 10.0 Å². The Morgan fingerprint density at radius 2 is 1.67 bits per heavy atom. The van der Waals surface area contributed by atoms with Crippen LogP contribution in [0.5, 0.6) is 17.2 Å². The van der Waals surface area contributed by atoms with Gasteiger partial charge in [0.15, 0.2) is 18.1 Å². The van der Waals surface area contributed by atoms with Crippen molar-refractivity contribution in [3.63, 3.8) is 0 Å². The van der Waals surface area contributed by atoms with Crippen LogP contribution in [0.4, 0.5) is 0 Å². The first-order valence-corrected chi connectivity index (χ1v) is 9.43. The molecule has 0 amide bonds. The number of halogens is 2. The number of ether oxygens (including phenoxy) is 4. The zero-order valence-corrected chi connectivity index (χ0v) is 17.9. The Hall–Kier alpha value is -2.97. The monoisotopic (exact) mass is 452 g/mol. The summed E-state index contributed by atoms with van der Waals surface area (Å²) < 4.78 is 26.7. The van der Waals surface area contributed by atoms with Crippen LogP contribution in [0.3, 0.4) is 0 Å². The average Bonchev–Trinajstić information content (AvgIpc) is 3.23. The number of aromatic nitrogens is 2. The zero-order chi connectivity index (χ0) is 21.7. The van der Waals surface area contributed by atoms with Gasteiger partial charge in [-0.05, 0) is 29.8 Å². The molecule has 0 N–H and O–H groups in total. The van der Waals surface area contributed by atoms with Gasteiger partial charge in [0.2, 0.25) is 11.6 Å². The summed E-state index contributed by atoms with van der Waals surface area (Å²) in [6.45, 7) is -0.169. The number of esters is 1. The lowest BCUT2D eigenvalue weighted by molar-refractivity contribution is -0.144. The van der Waals surface area contributed by atoms with E-state index in [-0.39, 0.29) is 24.8 Å². The maximum Gasteiger partial charge on any atom is 0.310 e. The Morgan fingerprint density at radius 3 is 2.27 bits per heavy atom. The number of carbonyl (C=O) groups is 1. The molecule has 0 aliphatic rings. The van der Waals surface area contributed by atoms with Crippen molar-refractivity contribution in [3.8, 4) is 28.7 Å². The molecule has 0 aliphatic carbocycles. The molecule has 0 saturated heterocycles. The van der Waals surface area contributed by atoms with Crippen molar-refractivity contribution in [1.82, 2.24) is 10.2 Å². The maximum atomic E-state index is 12.1. The van der Waals surface area contributed by atoms with E-state index in [0.717, 1.165) is 0 Å². The smallest absolute Gasteiger partial charge is 0.310 e. The van der Waals surface area contributed by atoms with Crippen molar-refractivity contribution >= 4 is 29.2 Å². The Labute approximate surface area is 182 Å². The normalized spacial score (nSPS) is 10.6. The van der Waals surface area contributed by atoms with Crippen molar-refractivity contribution in [2.75, 3.05) is 21.3 Å². The average molecular weight is 453 g/mol. The molecule has 1 heterocycles. The van der Waals surface area contributed by atoms with E-state index in [0.29, 0.717) is 38.4 Å². The Balaban J connectivity index is 1.68. The first kappa shape index (κ1) is 21.7. The molecule has 30 heavy (non-hydrogen) atoms. The summed E-state index contributed by atoms with van der Waals surface area (Å²) in [6, 6.07) is 8.28. The minimum atomic E-state index is -0.471. The van der Waals surface area contributed by atoms with Gasteiger partial charge in [0.1, 0.15) is 0 Å². The van der Waals surface area contributed by atoms with Gasteiger partial charge in [-0.1, -0.05) is 29.3 Å². The van der Waals surface area contributed by atoms with Gasteiger partial charge in [0, 0.05) is 5.56 Å². The summed E-state index contributed by atoms with van der Waals surface area (Å²) in [5, 5.41) is 8.67. The van der Waals surface area contributed by atoms with E-state index in [2.05, 4.69) is 10.2 Å². The molecule has 2 aromatic carbocycles. The van der Waals surface area contributed by atoms with Crippen LogP contribution in [0.1, 0.15) is 11.5 Å². The van der Waals surface area contributed by atoms with Crippen molar-refractivity contribution in [2.45, 2.75) is 13.0 Å². The zero-order valence-electron chi connectivity index (χ0n) is 16.4. The van der Waals surface area contributed by atoms with Gasteiger partial charge >= 0.3 is 5.97 Å². The maximum absolute atomic E-state index is 12.1. The van der Waals surface area contributed by atoms with Crippen molar-refractivity contribution in [3.05, 3.63) is 51.8 Å². The lowest BCUT2D eigenvalue weighted by Crippen LogP contribution is -2.08. The van der Waals surface area contributed by atoms with Crippen LogP contribution in [0.25, 0.3) is 11.5 Å². The molecule has 0 unspecified atom stereocenters. The standard InChI is InChI=1S/C20H18Cl2N2O6/c1-26-15-8-12(9-16(27-2)19(15)28-3)20-24-23-17(30-20)10-29-18(25)7-11-4-5-13(21)14(22)6-11/h4-6,8-9H,7,10H2,1-3H3. The lowest BCUT2D eigenvalue weighted by Gasteiger charge is -2.12. The summed E-state index contributed by atoms with van der Waals surface area (Å²) in [5.41, 5.74) is 1.24. The van der Waals surface area contributed by atoms with E-state index in [1.165, 1.54) is 21.3 Å². The van der Waals surface area contributed by atoms with E-state index in [9.17, 15) is 4.79 Å². The van der Waals surface area contributed by atoms with E-state index >= 15 is 0 Å². The predicted molar refractivity (Wildman–Crippen MR) is 109 cm³/mol. The van der Waals surface area contributed by atoms with Crippen molar-refractivity contribution < 1.29 is 28.2 Å². The van der Waals surface area contributed by atoms with Gasteiger partial charge < -0.3 is 23.4 Å². The third-order valence-electron chi connectivity index (χ3n) is 4.07. The fraction of sp³-hybridized carbons (Fsp3) is 0.250. The van der Waals surface area contributed by atoms with E-state index in [1.807, 2.05) is 0 Å². The second-order valence-electron chi connectivity index (χ2n) is 6.00. The summed E-state index contributed by atoms with van der Waals surface area (Å²) in [4.78, 5) is 12.1. The molecular formula is C20H18Cl2N2O6. The molecule has 0 radical (unpaired) electrons. The minimum Gasteiger partial charge on any atom is -0.493 e. The highest BCUT2D eigenvalue weighted by Crippen LogP contribution is 2.40. The van der Waals surface area contributed by atoms with Gasteiger partial charge in [-0.15, -0.1) is 10.2 Å². The molecule has 0 fully saturated rings. The van der Waals surface area contributed by atoms with Gasteiger partial charge in [0.25, 0.3) is 5.89 Å². The number of carbonyl (C=O) groups excluding carboxylic acids is 1. The van der Waals surface area contributed by atoms with E-state index in [1.54, 1.807) is 30.3 Å². The molecule has 3 rings (SSSR count). The second-order valence-corrected chi connectivity index (χ2v) is 6.82. The number of hydrogen-bond donors (Lipinski definition) is 0. The topological polar surface area (TPSA) is 92.9 Å². The number of methoxy groups -OCH3 is 3. The molecule has 0 atom stereocenters. The van der Waals surface area contributed by atoms with Crippen LogP contribution in [-0.2, 0) is 22.6 Å². The Morgan fingerprint density at radius 1 is 0.967 bits per heavy atom. The van der Waals surface area contributed by atoms with E-state index < -0.39 is 5.97 Å². The number of benzene rings is 2. The van der Waals surface area contributed by atoms with E-state index in [4.69, 9.17) is 46.6 Å². The van der Waals surface area contributed by atoms with Gasteiger partial charge in [-0.3, -0.25) is 4.79 Å². The molecule has 10 heteroatoms. The SMILES string of the molecule is COc1cc(-c2nnc(COC(=O)Cc3ccc(Cl)c(Cl)c3)o2)cc(OC)c1OC. The highest BCUT2D eigenvalue weighted by atomic mass is 35.5. The molecule has 8 nitrogen and oxygen atoms in total. The van der Waals surface area contributed by atoms with Crippen LogP contribution < -0.4 is 14.2 Å². The Bertz CT molecular complexity index is 1030. The second kappa shape index (κ2) is 9.69. The van der Waals surface area contributed by atoms with Gasteiger partial charge in [0.05, 0.1) is 37.8 Å². The molecule has 158 valence electrons. The molecular weight excluding hydrogens is 435 g/mol. The van der Waals surface area contributed by atoms with Crippen LogP contribution in [0, 0.1) is 0 Å². The van der Waals surface area contributed by atoms with Gasteiger partial charge in [-0.25, -0.2) is 0 Å². The van der Waals surface area contributed by atoms with Crippen molar-refractivity contribution in [1.29, 1.82) is 0 Å². The van der Waals surface area contributed by atoms with Crippen LogP contribution >= 0.6 is 23.2 Å². The fourth-order valence-electron chi connectivity index (χ4n) is 2.64. The number of hydrogen-bond acceptors (Lipinski definition) is 8. The molecule has 3 aromatic rings. The molecule has 0 aliphatic heterocycles. The largest absolute Gasteiger partial charge is 0.493 e. The summed E-state index contributed by atoms with van der Waals surface area (Å²) in [6.07, 6.45) is 0.0325. The molecule has 0 spiro atoms. The summed E-state index contributed by atoms with van der Waals surface area (Å²) in [7, 11) is 4.53. The molecule has 1 aromatic heterocycles. The summed E-state index contributed by atoms with van der Waals surface area (Å²) >= 11 is 11.8. The molecule has 0 bridgehead atoms. The number of rotatable bonds is 8. The van der Waals surface area contributed by atoms with Crippen LogP contribution in [-0.4, -0.2) is 37.5 Å². The fourth-order valence-corrected chi connectivity index (χ4v) is 2.96. The number of nitrogens with zero attached hydrogens (tertiary/aromatic N) is 2. The van der Waals surface area contributed by atoms with Crippen LogP contribution in [0.15, 0.2) is 34.7 Å². The summed E-state index contributed by atoms with van der Waals surface area (Å²) in [5.74, 6) is 1.21. The third kappa shape index (κ3) is 4.95. The first-order valence-electron chi connectivity index (χ1n) is 8.67. The highest BCUT2D eigenvalue weighted by Gasteiger charge is 2.18. The third-order valence-corrected chi connectivity index (χ3v) is 4.81. The van der Waals surface area contributed by atoms with Crippen molar-refractivity contribution in [2.24, 2.45) is 0 Å². The minimum absolute atomic E-state index is 0.0325. The molecule has 0 saturated carbocycles. The lowest BCUT2D eigenvalue weighted by atomic mass is 10.1. The predicted octanol–water partition coefficient (Wildman–Crippen LogP) is 4.36. The highest BCUT2D eigenvalue weighted by molar-refractivity contribution is 6.42. The first-order chi connectivity index (χ1) is 14.4. The van der Waals surface area contributed by atoms with Gasteiger partial charge in [-0.2, -0.15) is 0 Å². The quantitative estimate of drug-likeness (QED) is 0.465.